The van der Waals surface area contributed by atoms with Crippen LogP contribution in [0.15, 0.2) is 48.5 Å². The first-order chi connectivity index (χ1) is 9.75. The van der Waals surface area contributed by atoms with Crippen molar-refractivity contribution < 1.29 is 26.2 Å². The fraction of sp³-hybridized carbons (Fsp3) is 0.182. The fourth-order valence-corrected chi connectivity index (χ4v) is 2.68. The van der Waals surface area contributed by atoms with Gasteiger partial charge in [-0.3, -0.25) is 12.2 Å². The van der Waals surface area contributed by atoms with Gasteiger partial charge in [-0.1, -0.05) is 62.1 Å². The van der Waals surface area contributed by atoms with Gasteiger partial charge >= 0.3 is 26.2 Å². The Morgan fingerprint density at radius 3 is 1.35 bits per heavy atom. The van der Waals surface area contributed by atoms with E-state index in [2.05, 4.69) is 86.7 Å². The second kappa shape index (κ2) is 9.83. The molecular formula is C22H24Zr. The van der Waals surface area contributed by atoms with Gasteiger partial charge in [-0.25, -0.2) is 12.2 Å². The van der Waals surface area contributed by atoms with Crippen LogP contribution in [0, 0.1) is 27.0 Å². The molecule has 0 amide bonds. The van der Waals surface area contributed by atoms with E-state index in [1.165, 1.54) is 22.3 Å². The summed E-state index contributed by atoms with van der Waals surface area (Å²) in [6.07, 6.45) is 10.7. The van der Waals surface area contributed by atoms with Gasteiger partial charge in [0, 0.05) is 0 Å². The molecule has 2 aromatic carbocycles. The van der Waals surface area contributed by atoms with Gasteiger partial charge in [0.1, 0.15) is 0 Å². The molecule has 23 heavy (non-hydrogen) atoms. The third kappa shape index (κ3) is 4.88. The van der Waals surface area contributed by atoms with Crippen molar-refractivity contribution in [2.45, 2.75) is 25.7 Å². The number of fused-ring (bicyclic) bond motifs is 2. The number of hydrogen-bond donors (Lipinski definition) is 0. The molecule has 4 rings (SSSR count). The maximum Gasteiger partial charge on any atom is 4.00 e. The molecule has 0 nitrogen and oxygen atoms in total. The van der Waals surface area contributed by atoms with E-state index in [0.717, 1.165) is 0 Å². The van der Waals surface area contributed by atoms with E-state index in [1.54, 1.807) is 0 Å². The summed E-state index contributed by atoms with van der Waals surface area (Å²) in [5.74, 6) is 0.993. The topological polar surface area (TPSA) is 0 Å². The van der Waals surface area contributed by atoms with Gasteiger partial charge in [0.15, 0.2) is 0 Å². The summed E-state index contributed by atoms with van der Waals surface area (Å²) in [5, 5.41) is 0. The zero-order chi connectivity index (χ0) is 13.9. The number of hydrogen-bond acceptors (Lipinski definition) is 0. The van der Waals surface area contributed by atoms with Gasteiger partial charge in [0.25, 0.3) is 0 Å². The van der Waals surface area contributed by atoms with E-state index in [9.17, 15) is 0 Å². The monoisotopic (exact) mass is 378 g/mol. The Kier molecular flexibility index (Phi) is 9.32. The van der Waals surface area contributed by atoms with Crippen LogP contribution in [0.25, 0.3) is 12.2 Å². The normalized spacial score (nSPS) is 18.3. The van der Waals surface area contributed by atoms with Crippen LogP contribution in [0.3, 0.4) is 0 Å². The van der Waals surface area contributed by atoms with Crippen LogP contribution < -0.4 is 0 Å². The fourth-order valence-electron chi connectivity index (χ4n) is 2.68. The van der Waals surface area contributed by atoms with E-state index >= 15 is 0 Å². The molecule has 0 radical (unpaired) electrons. The van der Waals surface area contributed by atoms with E-state index in [0.29, 0.717) is 11.8 Å². The van der Waals surface area contributed by atoms with Crippen molar-refractivity contribution >= 4 is 12.2 Å². The smallest absolute Gasteiger partial charge is 0.358 e. The first-order valence-corrected chi connectivity index (χ1v) is 7.12. The third-order valence-electron chi connectivity index (χ3n) is 3.90. The quantitative estimate of drug-likeness (QED) is 0.482. The Hall–Kier alpha value is -1.20. The van der Waals surface area contributed by atoms with Gasteiger partial charge in [-0.2, -0.15) is 11.1 Å². The average Bonchev–Trinajstić information content (AvgIpc) is 3.05. The molecule has 2 aliphatic carbocycles. The minimum absolute atomic E-state index is 0. The van der Waals surface area contributed by atoms with Crippen molar-refractivity contribution in [2.75, 3.05) is 0 Å². The summed E-state index contributed by atoms with van der Waals surface area (Å²) in [7, 11) is 0. The molecule has 0 aliphatic heterocycles. The Balaban J connectivity index is 0.000000372. The molecular weight excluding hydrogens is 355 g/mol. The predicted octanol–water partition coefficient (Wildman–Crippen LogP) is 6.14. The van der Waals surface area contributed by atoms with Crippen molar-refractivity contribution in [1.29, 1.82) is 0 Å². The van der Waals surface area contributed by atoms with Gasteiger partial charge < -0.3 is 14.9 Å². The maximum atomic E-state index is 3.26. The summed E-state index contributed by atoms with van der Waals surface area (Å²) in [6.45, 7) is 4.34. The second-order valence-corrected chi connectivity index (χ2v) is 5.32. The number of benzene rings is 2. The molecule has 2 unspecified atom stereocenters. The van der Waals surface area contributed by atoms with E-state index in [4.69, 9.17) is 0 Å². The summed E-state index contributed by atoms with van der Waals surface area (Å²) in [5.41, 5.74) is 5.47. The van der Waals surface area contributed by atoms with Gasteiger partial charge in [0.2, 0.25) is 0 Å². The summed E-state index contributed by atoms with van der Waals surface area (Å²) >= 11 is 0. The van der Waals surface area contributed by atoms with Crippen molar-refractivity contribution in [3.05, 3.63) is 97.8 Å². The molecule has 0 saturated carbocycles. The summed E-state index contributed by atoms with van der Waals surface area (Å²) in [6, 6.07) is 16.9. The Morgan fingerprint density at radius 1 is 0.652 bits per heavy atom. The standard InChI is InChI=1S/2C10H9.2CH3.Zr/c2*1-8-6-7-9-4-2-3-5-10(8)9;;;/h2*2-5,7-8H,1H3;2*1H3;/q4*-1;+4. The van der Waals surface area contributed by atoms with Crippen LogP contribution in [-0.4, -0.2) is 0 Å². The van der Waals surface area contributed by atoms with Crippen molar-refractivity contribution in [3.63, 3.8) is 0 Å². The number of allylic oxidation sites excluding steroid dienone is 2. The molecule has 0 saturated heterocycles. The van der Waals surface area contributed by atoms with Crippen LogP contribution in [0.5, 0.6) is 0 Å². The van der Waals surface area contributed by atoms with E-state index in [-0.39, 0.29) is 41.1 Å². The minimum Gasteiger partial charge on any atom is -0.358 e. The molecule has 2 aliphatic rings. The van der Waals surface area contributed by atoms with E-state index in [1.807, 2.05) is 0 Å². The molecule has 2 atom stereocenters. The van der Waals surface area contributed by atoms with Gasteiger partial charge in [-0.05, 0) is 0 Å². The third-order valence-corrected chi connectivity index (χ3v) is 3.90. The summed E-state index contributed by atoms with van der Waals surface area (Å²) in [4.78, 5) is 0. The Labute approximate surface area is 161 Å². The zero-order valence-corrected chi connectivity index (χ0v) is 16.9. The first kappa shape index (κ1) is 21.8. The predicted molar refractivity (Wildman–Crippen MR) is 98.0 cm³/mol. The molecule has 0 fully saturated rings. The molecule has 1 heteroatoms. The molecule has 2 aromatic rings. The Morgan fingerprint density at radius 2 is 1.00 bits per heavy atom. The molecule has 0 spiro atoms. The van der Waals surface area contributed by atoms with Crippen molar-refractivity contribution in [3.8, 4) is 0 Å². The Bertz CT molecular complexity index is 608. The maximum absolute atomic E-state index is 3.26. The SMILES string of the molecule is CC1[C-]=Cc2ccccc21.CC1[C-]=Cc2ccccc21.[CH3-].[CH3-].[Zr+4]. The number of rotatable bonds is 0. The first-order valence-electron chi connectivity index (χ1n) is 7.12. The van der Waals surface area contributed by atoms with E-state index < -0.39 is 0 Å². The molecule has 0 aromatic heterocycles. The average molecular weight is 380 g/mol. The molecule has 0 heterocycles. The molecule has 116 valence electrons. The molecule has 0 N–H and O–H groups in total. The van der Waals surface area contributed by atoms with Crippen LogP contribution in [-0.2, 0) is 26.2 Å². The van der Waals surface area contributed by atoms with Crippen molar-refractivity contribution in [1.82, 2.24) is 0 Å². The van der Waals surface area contributed by atoms with Crippen LogP contribution in [0.1, 0.15) is 47.9 Å². The minimum atomic E-state index is 0. The van der Waals surface area contributed by atoms with Crippen LogP contribution in [0.4, 0.5) is 0 Å². The largest absolute Gasteiger partial charge is 4.00 e. The van der Waals surface area contributed by atoms with Gasteiger partial charge in [0.05, 0.1) is 0 Å². The van der Waals surface area contributed by atoms with Crippen LogP contribution in [0.2, 0.25) is 0 Å². The second-order valence-electron chi connectivity index (χ2n) is 5.32. The van der Waals surface area contributed by atoms with Gasteiger partial charge in [-0.15, -0.1) is 23.3 Å². The molecule has 0 bridgehead atoms. The van der Waals surface area contributed by atoms with Crippen LogP contribution >= 0.6 is 0 Å². The zero-order valence-electron chi connectivity index (χ0n) is 14.4. The van der Waals surface area contributed by atoms with Crippen molar-refractivity contribution in [2.24, 2.45) is 0 Å². The summed E-state index contributed by atoms with van der Waals surface area (Å²) < 4.78 is 0.